The fraction of sp³-hybridized carbons (Fsp3) is 0.100. The molecule has 6 nitrogen and oxygen atoms in total. The van der Waals surface area contributed by atoms with Gasteiger partial charge < -0.3 is 5.32 Å². The van der Waals surface area contributed by atoms with E-state index in [2.05, 4.69) is 10.4 Å². The number of nitrogens with one attached hydrogen (secondary N) is 1. The van der Waals surface area contributed by atoms with E-state index in [9.17, 15) is 14.0 Å². The molecule has 0 fully saturated rings. The number of halogens is 2. The van der Waals surface area contributed by atoms with Crippen LogP contribution >= 0.6 is 11.6 Å². The average Bonchev–Trinajstić information content (AvgIpc) is 2.68. The first-order valence-electron chi connectivity index (χ1n) is 8.25. The average molecular weight is 397 g/mol. The predicted molar refractivity (Wildman–Crippen MR) is 103 cm³/mol. The molecule has 3 rings (SSSR count). The monoisotopic (exact) mass is 396 g/mol. The summed E-state index contributed by atoms with van der Waals surface area (Å²) in [6.07, 6.45) is 0. The van der Waals surface area contributed by atoms with Crippen LogP contribution in [0.25, 0.3) is 11.3 Å². The lowest BCUT2D eigenvalue weighted by Crippen LogP contribution is -2.33. The van der Waals surface area contributed by atoms with Gasteiger partial charge in [0.2, 0.25) is 5.91 Å². The zero-order chi connectivity index (χ0) is 20.3. The van der Waals surface area contributed by atoms with Gasteiger partial charge in [-0.15, -0.1) is 0 Å². The summed E-state index contributed by atoms with van der Waals surface area (Å²) in [6, 6.07) is 13.9. The number of carbonyl (C=O) groups excluding carboxylic acids is 1. The van der Waals surface area contributed by atoms with Crippen molar-refractivity contribution in [3.63, 3.8) is 0 Å². The Kier molecular flexibility index (Phi) is 5.52. The van der Waals surface area contributed by atoms with Gasteiger partial charge in [0.15, 0.2) is 0 Å². The Labute approximate surface area is 164 Å². The van der Waals surface area contributed by atoms with Crippen molar-refractivity contribution in [2.75, 3.05) is 5.32 Å². The summed E-state index contributed by atoms with van der Waals surface area (Å²) in [6.45, 7) is 1.51. The van der Waals surface area contributed by atoms with Gasteiger partial charge in [-0.25, -0.2) is 9.07 Å². The number of rotatable bonds is 4. The number of carbonyl (C=O) groups is 1. The van der Waals surface area contributed by atoms with Gasteiger partial charge in [-0.1, -0.05) is 11.6 Å². The Balaban J connectivity index is 1.91. The van der Waals surface area contributed by atoms with E-state index < -0.39 is 17.5 Å². The van der Waals surface area contributed by atoms with E-state index in [1.807, 2.05) is 6.07 Å². The number of hydrogen-bond acceptors (Lipinski definition) is 4. The Morgan fingerprint density at radius 2 is 1.93 bits per heavy atom. The quantitative estimate of drug-likeness (QED) is 0.727. The van der Waals surface area contributed by atoms with Crippen molar-refractivity contribution in [3.8, 4) is 17.3 Å². The van der Waals surface area contributed by atoms with E-state index in [1.165, 1.54) is 61.5 Å². The Hall–Kier alpha value is -3.50. The molecule has 0 aliphatic heterocycles. The summed E-state index contributed by atoms with van der Waals surface area (Å²) >= 11 is 5.92. The minimum absolute atomic E-state index is 0.241. The minimum atomic E-state index is -0.960. The van der Waals surface area contributed by atoms with Gasteiger partial charge in [-0.3, -0.25) is 9.59 Å². The zero-order valence-corrected chi connectivity index (χ0v) is 15.4. The highest BCUT2D eigenvalue weighted by Crippen LogP contribution is 2.22. The van der Waals surface area contributed by atoms with Crippen LogP contribution in [-0.4, -0.2) is 15.7 Å². The van der Waals surface area contributed by atoms with Crippen molar-refractivity contribution in [2.24, 2.45) is 0 Å². The van der Waals surface area contributed by atoms with Crippen LogP contribution in [0, 0.1) is 17.1 Å². The second-order valence-electron chi connectivity index (χ2n) is 5.98. The van der Waals surface area contributed by atoms with Crippen LogP contribution in [0.1, 0.15) is 18.5 Å². The lowest BCUT2D eigenvalue weighted by atomic mass is 10.1. The Morgan fingerprint density at radius 1 is 1.21 bits per heavy atom. The molecule has 0 unspecified atom stereocenters. The molecule has 1 amide bonds. The lowest BCUT2D eigenvalue weighted by Gasteiger charge is -2.15. The maximum atomic E-state index is 13.1. The Morgan fingerprint density at radius 3 is 2.61 bits per heavy atom. The molecule has 0 bridgehead atoms. The van der Waals surface area contributed by atoms with E-state index in [0.717, 1.165) is 4.68 Å². The highest BCUT2D eigenvalue weighted by Gasteiger charge is 2.19. The molecule has 1 aromatic heterocycles. The molecule has 1 heterocycles. The van der Waals surface area contributed by atoms with Crippen molar-refractivity contribution < 1.29 is 9.18 Å². The first-order chi connectivity index (χ1) is 13.4. The van der Waals surface area contributed by atoms with Gasteiger partial charge in [-0.05, 0) is 55.5 Å². The van der Waals surface area contributed by atoms with Crippen molar-refractivity contribution in [1.82, 2.24) is 9.78 Å². The molecule has 0 saturated carbocycles. The summed E-state index contributed by atoms with van der Waals surface area (Å²) < 4.78 is 14.1. The molecule has 3 aromatic rings. The SMILES string of the molecule is C[C@H](C(=O)Nc1cc(Cl)ccc1C#N)n1nc(-c2ccc(F)cc2)ccc1=O. The van der Waals surface area contributed by atoms with Crippen LogP contribution in [0.4, 0.5) is 10.1 Å². The molecule has 140 valence electrons. The van der Waals surface area contributed by atoms with Crippen LogP contribution in [0.3, 0.4) is 0 Å². The normalized spacial score (nSPS) is 11.5. The van der Waals surface area contributed by atoms with Crippen molar-refractivity contribution in [3.05, 3.63) is 81.4 Å². The van der Waals surface area contributed by atoms with Crippen molar-refractivity contribution >= 4 is 23.2 Å². The number of hydrogen-bond donors (Lipinski definition) is 1. The first kappa shape index (κ1) is 19.3. The highest BCUT2D eigenvalue weighted by molar-refractivity contribution is 6.31. The van der Waals surface area contributed by atoms with Crippen LogP contribution in [0.15, 0.2) is 59.4 Å². The van der Waals surface area contributed by atoms with E-state index in [4.69, 9.17) is 16.9 Å². The second kappa shape index (κ2) is 8.03. The summed E-state index contributed by atoms with van der Waals surface area (Å²) in [4.78, 5) is 24.8. The highest BCUT2D eigenvalue weighted by atomic mass is 35.5. The molecule has 0 radical (unpaired) electrons. The maximum Gasteiger partial charge on any atom is 0.267 e. The molecular formula is C20H14ClFN4O2. The third kappa shape index (κ3) is 4.08. The fourth-order valence-electron chi connectivity index (χ4n) is 2.54. The zero-order valence-electron chi connectivity index (χ0n) is 14.7. The summed E-state index contributed by atoms with van der Waals surface area (Å²) in [5.41, 5.74) is 1.03. The van der Waals surface area contributed by atoms with E-state index in [1.54, 1.807) is 0 Å². The smallest absolute Gasteiger partial charge is 0.267 e. The number of nitrogens with zero attached hydrogens (tertiary/aromatic N) is 3. The summed E-state index contributed by atoms with van der Waals surface area (Å²) in [7, 11) is 0. The Bertz CT molecular complexity index is 1140. The van der Waals surface area contributed by atoms with Gasteiger partial charge in [-0.2, -0.15) is 10.4 Å². The fourth-order valence-corrected chi connectivity index (χ4v) is 2.72. The molecule has 0 saturated heterocycles. The lowest BCUT2D eigenvalue weighted by molar-refractivity contribution is -0.119. The largest absolute Gasteiger partial charge is 0.323 e. The molecule has 2 aromatic carbocycles. The third-order valence-corrected chi connectivity index (χ3v) is 4.31. The number of amides is 1. The molecule has 0 spiro atoms. The van der Waals surface area contributed by atoms with Gasteiger partial charge in [0.25, 0.3) is 5.56 Å². The number of nitriles is 1. The van der Waals surface area contributed by atoms with Gasteiger partial charge in [0.1, 0.15) is 17.9 Å². The number of anilines is 1. The van der Waals surface area contributed by atoms with Crippen molar-refractivity contribution in [1.29, 1.82) is 5.26 Å². The molecular weight excluding hydrogens is 383 g/mol. The molecule has 28 heavy (non-hydrogen) atoms. The van der Waals surface area contributed by atoms with E-state index in [0.29, 0.717) is 16.3 Å². The number of aromatic nitrogens is 2. The predicted octanol–water partition coefficient (Wildman–Crippen LogP) is 3.77. The minimum Gasteiger partial charge on any atom is -0.323 e. The third-order valence-electron chi connectivity index (χ3n) is 4.07. The van der Waals surface area contributed by atoms with Gasteiger partial charge >= 0.3 is 0 Å². The number of benzene rings is 2. The summed E-state index contributed by atoms with van der Waals surface area (Å²) in [5.74, 6) is -0.927. The first-order valence-corrected chi connectivity index (χ1v) is 8.63. The summed E-state index contributed by atoms with van der Waals surface area (Å²) in [5, 5.41) is 16.3. The molecule has 0 aliphatic rings. The molecule has 1 atom stereocenters. The molecule has 1 N–H and O–H groups in total. The van der Waals surface area contributed by atoms with Gasteiger partial charge in [0, 0.05) is 16.7 Å². The van der Waals surface area contributed by atoms with Crippen LogP contribution in [0.5, 0.6) is 0 Å². The standard InChI is InChI=1S/C20H14ClFN4O2/c1-12(20(28)24-18-10-15(21)5-2-14(18)11-23)26-19(27)9-8-17(25-26)13-3-6-16(22)7-4-13/h2-10,12H,1H3,(H,24,28)/t12-/m1/s1. The van der Waals surface area contributed by atoms with Crippen molar-refractivity contribution in [2.45, 2.75) is 13.0 Å². The topological polar surface area (TPSA) is 87.8 Å². The van der Waals surface area contributed by atoms with Crippen LogP contribution in [0.2, 0.25) is 5.02 Å². The molecule has 8 heteroatoms. The molecule has 0 aliphatic carbocycles. The van der Waals surface area contributed by atoms with E-state index >= 15 is 0 Å². The van der Waals surface area contributed by atoms with Crippen LogP contribution < -0.4 is 10.9 Å². The van der Waals surface area contributed by atoms with Gasteiger partial charge in [0.05, 0.1) is 16.9 Å². The second-order valence-corrected chi connectivity index (χ2v) is 6.41. The maximum absolute atomic E-state index is 13.1. The van der Waals surface area contributed by atoms with E-state index in [-0.39, 0.29) is 17.1 Å². The van der Waals surface area contributed by atoms with Crippen LogP contribution in [-0.2, 0) is 4.79 Å².